The van der Waals surface area contributed by atoms with Crippen molar-refractivity contribution in [2.75, 3.05) is 13.6 Å². The lowest BCUT2D eigenvalue weighted by Gasteiger charge is -2.30. The molecule has 4 rings (SSSR count). The Labute approximate surface area is 115 Å². The molecule has 0 spiro atoms. The summed E-state index contributed by atoms with van der Waals surface area (Å²) in [6, 6.07) is 0.427. The third-order valence-corrected chi connectivity index (χ3v) is 6.79. The smallest absolute Gasteiger partial charge is 0.226 e. The number of carbonyl (C=O) groups is 1. The molecule has 1 amide bonds. The predicted molar refractivity (Wildman–Crippen MR) is 74.3 cm³/mol. The van der Waals surface area contributed by atoms with Crippen LogP contribution in [0.1, 0.15) is 38.5 Å². The Morgan fingerprint density at radius 3 is 2.47 bits per heavy atom. The Hall–Kier alpha value is -0.570. The third-order valence-electron chi connectivity index (χ3n) is 6.79. The van der Waals surface area contributed by atoms with Crippen molar-refractivity contribution >= 4 is 5.91 Å². The molecule has 6 unspecified atom stereocenters. The Balaban J connectivity index is 1.44. The van der Waals surface area contributed by atoms with E-state index < -0.39 is 0 Å². The minimum absolute atomic E-state index is 0.398. The summed E-state index contributed by atoms with van der Waals surface area (Å²) in [4.78, 5) is 14.9. The third kappa shape index (κ3) is 1.63. The van der Waals surface area contributed by atoms with Gasteiger partial charge in [-0.05, 0) is 68.2 Å². The van der Waals surface area contributed by atoms with Gasteiger partial charge in [0.25, 0.3) is 0 Å². The molecular formula is C16H26N2O. The summed E-state index contributed by atoms with van der Waals surface area (Å²) in [6.07, 6.45) is 7.84. The van der Waals surface area contributed by atoms with E-state index in [9.17, 15) is 4.79 Å². The molecule has 19 heavy (non-hydrogen) atoms. The molecule has 0 radical (unpaired) electrons. The molecule has 0 aromatic carbocycles. The molecule has 4 fully saturated rings. The molecule has 0 heterocycles. The molecule has 0 saturated heterocycles. The number of fused-ring (bicyclic) bond motifs is 5. The Morgan fingerprint density at radius 1 is 1.16 bits per heavy atom. The topological polar surface area (TPSA) is 46.3 Å². The lowest BCUT2D eigenvalue weighted by Crippen LogP contribution is -2.43. The fraction of sp³-hybridized carbons (Fsp3) is 0.938. The van der Waals surface area contributed by atoms with Crippen LogP contribution in [0.5, 0.6) is 0 Å². The summed E-state index contributed by atoms with van der Waals surface area (Å²) >= 11 is 0. The highest BCUT2D eigenvalue weighted by molar-refractivity contribution is 5.83. The summed E-state index contributed by atoms with van der Waals surface area (Å²) in [6.45, 7) is 0.741. The van der Waals surface area contributed by atoms with Gasteiger partial charge in [0.2, 0.25) is 5.91 Å². The van der Waals surface area contributed by atoms with Crippen LogP contribution in [-0.4, -0.2) is 30.4 Å². The molecule has 4 saturated carbocycles. The Morgan fingerprint density at radius 2 is 1.84 bits per heavy atom. The van der Waals surface area contributed by atoms with Gasteiger partial charge >= 0.3 is 0 Å². The zero-order valence-electron chi connectivity index (χ0n) is 11.9. The van der Waals surface area contributed by atoms with Gasteiger partial charge in [-0.2, -0.15) is 0 Å². The second-order valence-electron chi connectivity index (χ2n) is 7.46. The fourth-order valence-corrected chi connectivity index (χ4v) is 5.86. The van der Waals surface area contributed by atoms with Gasteiger partial charge in [0.15, 0.2) is 0 Å². The molecule has 4 aliphatic rings. The van der Waals surface area contributed by atoms with Crippen molar-refractivity contribution in [2.24, 2.45) is 41.2 Å². The van der Waals surface area contributed by atoms with E-state index in [-0.39, 0.29) is 0 Å². The van der Waals surface area contributed by atoms with Crippen molar-refractivity contribution in [2.45, 2.75) is 44.6 Å². The van der Waals surface area contributed by atoms with Gasteiger partial charge in [-0.1, -0.05) is 6.42 Å². The zero-order chi connectivity index (χ0) is 13.1. The normalized spacial score (nSPS) is 50.3. The van der Waals surface area contributed by atoms with E-state index in [0.29, 0.717) is 23.8 Å². The SMILES string of the molecule is CN(C(=O)C1C2C3CCC(C3)C12)C1CCCC1CN. The largest absolute Gasteiger partial charge is 0.342 e. The van der Waals surface area contributed by atoms with E-state index in [4.69, 9.17) is 5.73 Å². The molecule has 0 aromatic heterocycles. The van der Waals surface area contributed by atoms with Gasteiger partial charge in [-0.3, -0.25) is 4.79 Å². The molecule has 3 nitrogen and oxygen atoms in total. The number of nitrogens with zero attached hydrogens (tertiary/aromatic N) is 1. The van der Waals surface area contributed by atoms with Gasteiger partial charge in [-0.25, -0.2) is 0 Å². The first-order valence-electron chi connectivity index (χ1n) is 8.19. The van der Waals surface area contributed by atoms with E-state index in [1.165, 1.54) is 38.5 Å². The maximum atomic E-state index is 12.8. The van der Waals surface area contributed by atoms with E-state index in [1.54, 1.807) is 0 Å². The van der Waals surface area contributed by atoms with Gasteiger partial charge < -0.3 is 10.6 Å². The monoisotopic (exact) mass is 262 g/mol. The molecule has 106 valence electrons. The standard InChI is InChI=1S/C16H26N2O/c1-18(12-4-2-3-11(12)8-17)16(19)15-13-9-5-6-10(7-9)14(13)15/h9-15H,2-8,17H2,1H3. The van der Waals surface area contributed by atoms with Crippen molar-refractivity contribution in [3.63, 3.8) is 0 Å². The fourth-order valence-electron chi connectivity index (χ4n) is 5.86. The summed E-state index contributed by atoms with van der Waals surface area (Å²) in [7, 11) is 2.04. The van der Waals surface area contributed by atoms with E-state index in [1.807, 2.05) is 7.05 Å². The molecule has 6 atom stereocenters. The first-order valence-corrected chi connectivity index (χ1v) is 8.19. The van der Waals surface area contributed by atoms with E-state index >= 15 is 0 Å². The molecule has 2 bridgehead atoms. The van der Waals surface area contributed by atoms with Crippen molar-refractivity contribution < 1.29 is 4.79 Å². The number of carbonyl (C=O) groups excluding carboxylic acids is 1. The first kappa shape index (κ1) is 12.2. The van der Waals surface area contributed by atoms with Gasteiger partial charge in [-0.15, -0.1) is 0 Å². The van der Waals surface area contributed by atoms with Crippen LogP contribution in [0.25, 0.3) is 0 Å². The van der Waals surface area contributed by atoms with Crippen LogP contribution in [0.4, 0.5) is 0 Å². The lowest BCUT2D eigenvalue weighted by molar-refractivity contribution is -0.135. The number of hydrogen-bond acceptors (Lipinski definition) is 2. The maximum absolute atomic E-state index is 12.8. The van der Waals surface area contributed by atoms with Crippen molar-refractivity contribution in [1.29, 1.82) is 0 Å². The summed E-state index contributed by atoms with van der Waals surface area (Å²) < 4.78 is 0. The number of nitrogens with two attached hydrogens (primary N) is 1. The average Bonchev–Trinajstić information content (AvgIpc) is 2.83. The summed E-state index contributed by atoms with van der Waals surface area (Å²) in [5, 5.41) is 0. The van der Waals surface area contributed by atoms with Crippen LogP contribution in [-0.2, 0) is 4.79 Å². The van der Waals surface area contributed by atoms with Crippen LogP contribution in [0, 0.1) is 35.5 Å². The lowest BCUT2D eigenvalue weighted by atomic mass is 9.99. The predicted octanol–water partition coefficient (Wildman–Crippen LogP) is 1.86. The maximum Gasteiger partial charge on any atom is 0.226 e. The minimum Gasteiger partial charge on any atom is -0.342 e. The molecule has 0 aromatic rings. The van der Waals surface area contributed by atoms with E-state index in [0.717, 1.165) is 30.2 Å². The van der Waals surface area contributed by atoms with Crippen molar-refractivity contribution in [3.05, 3.63) is 0 Å². The van der Waals surface area contributed by atoms with Crippen LogP contribution < -0.4 is 5.73 Å². The number of rotatable bonds is 3. The zero-order valence-corrected chi connectivity index (χ0v) is 11.9. The second-order valence-corrected chi connectivity index (χ2v) is 7.46. The summed E-state index contributed by atoms with van der Waals surface area (Å²) in [5.41, 5.74) is 5.86. The molecule has 0 aliphatic heterocycles. The molecule has 3 heteroatoms. The van der Waals surface area contributed by atoms with Crippen LogP contribution in [0.15, 0.2) is 0 Å². The Kier molecular flexibility index (Phi) is 2.70. The van der Waals surface area contributed by atoms with E-state index in [2.05, 4.69) is 4.90 Å². The molecular weight excluding hydrogens is 236 g/mol. The quantitative estimate of drug-likeness (QED) is 0.844. The van der Waals surface area contributed by atoms with Crippen molar-refractivity contribution in [3.8, 4) is 0 Å². The van der Waals surface area contributed by atoms with Gasteiger partial charge in [0.05, 0.1) is 0 Å². The van der Waals surface area contributed by atoms with Gasteiger partial charge in [0.1, 0.15) is 0 Å². The first-order chi connectivity index (χ1) is 9.22. The number of hydrogen-bond donors (Lipinski definition) is 1. The van der Waals surface area contributed by atoms with Crippen LogP contribution in [0.2, 0.25) is 0 Å². The van der Waals surface area contributed by atoms with Crippen LogP contribution in [0.3, 0.4) is 0 Å². The highest BCUT2D eigenvalue weighted by Gasteiger charge is 2.68. The second kappa shape index (κ2) is 4.21. The van der Waals surface area contributed by atoms with Crippen LogP contribution >= 0.6 is 0 Å². The minimum atomic E-state index is 0.398. The average molecular weight is 262 g/mol. The molecule has 4 aliphatic carbocycles. The van der Waals surface area contributed by atoms with Crippen molar-refractivity contribution in [1.82, 2.24) is 4.90 Å². The summed E-state index contributed by atoms with van der Waals surface area (Å²) in [5.74, 6) is 4.73. The molecule has 2 N–H and O–H groups in total. The highest BCUT2D eigenvalue weighted by Crippen LogP contribution is 2.69. The van der Waals surface area contributed by atoms with Gasteiger partial charge in [0, 0.05) is 19.0 Å². The Bertz CT molecular complexity index is 380. The number of amides is 1. The highest BCUT2D eigenvalue weighted by atomic mass is 16.2.